The Morgan fingerprint density at radius 1 is 1.28 bits per heavy atom. The molecule has 0 saturated heterocycles. The van der Waals surface area contributed by atoms with E-state index in [1.807, 2.05) is 25.1 Å². The molecule has 0 aliphatic rings. The number of hydrogen-bond acceptors (Lipinski definition) is 4. The number of para-hydroxylation sites is 1. The predicted molar refractivity (Wildman–Crippen MR) is 104 cm³/mol. The van der Waals surface area contributed by atoms with E-state index in [0.29, 0.717) is 35.7 Å². The highest BCUT2D eigenvalue weighted by atomic mass is 32.2. The summed E-state index contributed by atoms with van der Waals surface area (Å²) in [6.07, 6.45) is 4.20. The molecule has 1 aromatic carbocycles. The third-order valence-corrected chi connectivity index (χ3v) is 4.61. The van der Waals surface area contributed by atoms with Gasteiger partial charge in [-0.15, -0.1) is 13.2 Å². The van der Waals surface area contributed by atoms with Crippen LogP contribution in [0.4, 0.5) is 0 Å². The fourth-order valence-electron chi connectivity index (χ4n) is 2.49. The third-order valence-electron chi connectivity index (χ3n) is 3.65. The lowest BCUT2D eigenvalue weighted by Crippen LogP contribution is -2.33. The van der Waals surface area contributed by atoms with Crippen LogP contribution < -0.4 is 5.56 Å². The maximum absolute atomic E-state index is 12.7. The predicted octanol–water partition coefficient (Wildman–Crippen LogP) is 3.10. The zero-order chi connectivity index (χ0) is 18.2. The molecule has 1 heterocycles. The second-order valence-corrected chi connectivity index (χ2v) is 6.48. The van der Waals surface area contributed by atoms with Crippen LogP contribution in [0.2, 0.25) is 0 Å². The van der Waals surface area contributed by atoms with E-state index >= 15 is 0 Å². The fourth-order valence-corrected chi connectivity index (χ4v) is 3.41. The van der Waals surface area contributed by atoms with Crippen molar-refractivity contribution in [2.45, 2.75) is 25.0 Å². The third kappa shape index (κ3) is 4.60. The van der Waals surface area contributed by atoms with Gasteiger partial charge in [-0.3, -0.25) is 14.2 Å². The van der Waals surface area contributed by atoms with Crippen LogP contribution in [-0.2, 0) is 11.3 Å². The summed E-state index contributed by atoms with van der Waals surface area (Å²) < 4.78 is 1.66. The minimum Gasteiger partial charge on any atom is -0.335 e. The molecule has 0 spiro atoms. The topological polar surface area (TPSA) is 55.2 Å². The molecule has 1 aromatic heterocycles. The van der Waals surface area contributed by atoms with Gasteiger partial charge >= 0.3 is 0 Å². The maximum atomic E-state index is 12.7. The monoisotopic (exact) mass is 357 g/mol. The van der Waals surface area contributed by atoms with Gasteiger partial charge in [0, 0.05) is 19.6 Å². The molecule has 0 N–H and O–H groups in total. The van der Waals surface area contributed by atoms with Crippen molar-refractivity contribution in [1.82, 2.24) is 14.5 Å². The number of benzene rings is 1. The van der Waals surface area contributed by atoms with Gasteiger partial charge in [-0.2, -0.15) is 0 Å². The smallest absolute Gasteiger partial charge is 0.262 e. The molecule has 2 rings (SSSR count). The summed E-state index contributed by atoms with van der Waals surface area (Å²) in [4.78, 5) is 31.4. The average molecular weight is 357 g/mol. The van der Waals surface area contributed by atoms with Gasteiger partial charge in [0.2, 0.25) is 5.91 Å². The average Bonchev–Trinajstić information content (AvgIpc) is 2.62. The molecular weight excluding hydrogens is 334 g/mol. The van der Waals surface area contributed by atoms with Crippen molar-refractivity contribution in [1.29, 1.82) is 0 Å². The minimum absolute atomic E-state index is 0.0322. The molecule has 0 saturated carbocycles. The van der Waals surface area contributed by atoms with Gasteiger partial charge in [-0.1, -0.05) is 43.0 Å². The Morgan fingerprint density at radius 3 is 2.60 bits per heavy atom. The number of aromatic nitrogens is 2. The molecule has 0 bridgehead atoms. The van der Waals surface area contributed by atoms with E-state index < -0.39 is 0 Å². The number of fused-ring (bicyclic) bond motifs is 1. The van der Waals surface area contributed by atoms with Gasteiger partial charge in [0.1, 0.15) is 0 Å². The Bertz CT molecular complexity index is 819. The van der Waals surface area contributed by atoms with E-state index in [2.05, 4.69) is 18.1 Å². The zero-order valence-electron chi connectivity index (χ0n) is 14.5. The normalized spacial score (nSPS) is 10.6. The van der Waals surface area contributed by atoms with Crippen LogP contribution in [0.25, 0.3) is 10.9 Å². The summed E-state index contributed by atoms with van der Waals surface area (Å²) in [5.41, 5.74) is 0.597. The Hall–Kier alpha value is -2.34. The molecule has 0 aliphatic carbocycles. The number of carbonyl (C=O) groups is 1. The Labute approximate surface area is 152 Å². The maximum Gasteiger partial charge on any atom is 0.262 e. The molecule has 0 aliphatic heterocycles. The summed E-state index contributed by atoms with van der Waals surface area (Å²) in [6, 6.07) is 7.29. The van der Waals surface area contributed by atoms with Gasteiger partial charge in [0.25, 0.3) is 5.56 Å². The lowest BCUT2D eigenvalue weighted by Gasteiger charge is -2.19. The molecule has 0 unspecified atom stereocenters. The van der Waals surface area contributed by atoms with E-state index in [-0.39, 0.29) is 17.2 Å². The first-order valence-corrected chi connectivity index (χ1v) is 9.22. The van der Waals surface area contributed by atoms with Crippen molar-refractivity contribution >= 4 is 28.6 Å². The summed E-state index contributed by atoms with van der Waals surface area (Å²) in [7, 11) is 0. The fraction of sp³-hybridized carbons (Fsp3) is 0.316. The molecule has 132 valence electrons. The van der Waals surface area contributed by atoms with Gasteiger partial charge in [-0.05, 0) is 18.6 Å². The second-order valence-electron chi connectivity index (χ2n) is 5.53. The van der Waals surface area contributed by atoms with Crippen molar-refractivity contribution < 1.29 is 4.79 Å². The first-order chi connectivity index (χ1) is 12.1. The second kappa shape index (κ2) is 9.22. The van der Waals surface area contributed by atoms with Gasteiger partial charge < -0.3 is 4.90 Å². The van der Waals surface area contributed by atoms with Crippen molar-refractivity contribution in [2.75, 3.05) is 18.8 Å². The van der Waals surface area contributed by atoms with E-state index in [9.17, 15) is 9.59 Å². The SMILES string of the molecule is C=CCN(CC=C)C(=O)CSc1nc2ccccc2c(=O)n1CCC. The summed E-state index contributed by atoms with van der Waals surface area (Å²) in [5, 5.41) is 1.18. The Morgan fingerprint density at radius 2 is 1.96 bits per heavy atom. The van der Waals surface area contributed by atoms with Crippen LogP contribution in [0.5, 0.6) is 0 Å². The number of rotatable bonds is 9. The number of hydrogen-bond donors (Lipinski definition) is 0. The van der Waals surface area contributed by atoms with Gasteiger partial charge in [0.05, 0.1) is 16.7 Å². The van der Waals surface area contributed by atoms with Crippen LogP contribution in [0.1, 0.15) is 13.3 Å². The van der Waals surface area contributed by atoms with Gasteiger partial charge in [0.15, 0.2) is 5.16 Å². The van der Waals surface area contributed by atoms with Crippen molar-refractivity contribution in [2.24, 2.45) is 0 Å². The van der Waals surface area contributed by atoms with Crippen LogP contribution in [-0.4, -0.2) is 39.2 Å². The van der Waals surface area contributed by atoms with Crippen molar-refractivity contribution in [3.05, 3.63) is 59.9 Å². The molecule has 25 heavy (non-hydrogen) atoms. The molecule has 0 atom stereocenters. The zero-order valence-corrected chi connectivity index (χ0v) is 15.3. The largest absolute Gasteiger partial charge is 0.335 e. The van der Waals surface area contributed by atoms with Crippen LogP contribution in [0, 0.1) is 0 Å². The van der Waals surface area contributed by atoms with Crippen molar-refractivity contribution in [3.63, 3.8) is 0 Å². The molecule has 6 heteroatoms. The van der Waals surface area contributed by atoms with E-state index in [0.717, 1.165) is 6.42 Å². The Balaban J connectivity index is 2.28. The summed E-state index contributed by atoms with van der Waals surface area (Å²) in [6.45, 7) is 10.9. The number of amides is 1. The first kappa shape index (κ1) is 19.0. The highest BCUT2D eigenvalue weighted by Gasteiger charge is 2.15. The van der Waals surface area contributed by atoms with Crippen molar-refractivity contribution in [3.8, 4) is 0 Å². The lowest BCUT2D eigenvalue weighted by atomic mass is 10.2. The minimum atomic E-state index is -0.0589. The molecule has 0 fully saturated rings. The van der Waals surface area contributed by atoms with E-state index in [4.69, 9.17) is 0 Å². The summed E-state index contributed by atoms with van der Waals surface area (Å²) >= 11 is 1.30. The first-order valence-electron chi connectivity index (χ1n) is 8.24. The van der Waals surface area contributed by atoms with Crippen LogP contribution in [0.3, 0.4) is 0 Å². The van der Waals surface area contributed by atoms with E-state index in [1.165, 1.54) is 11.8 Å². The van der Waals surface area contributed by atoms with E-state index in [1.54, 1.807) is 27.7 Å². The molecular formula is C19H23N3O2S. The number of thioether (sulfide) groups is 1. The number of nitrogens with zero attached hydrogens (tertiary/aromatic N) is 3. The highest BCUT2D eigenvalue weighted by molar-refractivity contribution is 7.99. The highest BCUT2D eigenvalue weighted by Crippen LogP contribution is 2.18. The summed E-state index contributed by atoms with van der Waals surface area (Å²) in [5.74, 6) is 0.186. The number of carbonyl (C=O) groups excluding carboxylic acids is 1. The lowest BCUT2D eigenvalue weighted by molar-refractivity contribution is -0.127. The molecule has 5 nitrogen and oxygen atoms in total. The quantitative estimate of drug-likeness (QED) is 0.393. The molecule has 2 aromatic rings. The Kier molecular flexibility index (Phi) is 7.01. The van der Waals surface area contributed by atoms with Gasteiger partial charge in [-0.25, -0.2) is 4.98 Å². The molecule has 0 radical (unpaired) electrons. The standard InChI is InChI=1S/C19H23N3O2S/c1-4-11-21(12-5-2)17(23)14-25-19-20-16-10-8-7-9-15(16)18(24)22(19)13-6-3/h4-5,7-10H,1-2,6,11-14H2,3H3. The van der Waals surface area contributed by atoms with Crippen LogP contribution in [0.15, 0.2) is 59.5 Å². The van der Waals surface area contributed by atoms with Crippen LogP contribution >= 0.6 is 11.8 Å². The molecule has 1 amide bonds.